The standard InChI is InChI=1S/C16H19ClN4O3/c1-8(2)13(16(23)24)19-15(22)14-11(17)5-6-12(18-14)21-10(4)7-9(3)20-21/h5-8,13H,1-4H3,(H,19,22)(H,23,24)/t13-/m0/s1. The van der Waals surface area contributed by atoms with E-state index in [4.69, 9.17) is 11.6 Å². The van der Waals surface area contributed by atoms with Crippen molar-refractivity contribution >= 4 is 23.5 Å². The summed E-state index contributed by atoms with van der Waals surface area (Å²) < 4.78 is 1.60. The SMILES string of the molecule is Cc1cc(C)n(-c2ccc(Cl)c(C(=O)N[C@H](C(=O)O)C(C)C)n2)n1. The van der Waals surface area contributed by atoms with Crippen molar-refractivity contribution in [3.05, 3.63) is 40.3 Å². The zero-order valence-corrected chi connectivity index (χ0v) is 14.6. The normalized spacial score (nSPS) is 12.2. The number of hydrogen-bond donors (Lipinski definition) is 2. The Morgan fingerprint density at radius 3 is 2.46 bits per heavy atom. The number of nitrogens with one attached hydrogen (secondary N) is 1. The van der Waals surface area contributed by atoms with Gasteiger partial charge in [0.05, 0.1) is 10.7 Å². The summed E-state index contributed by atoms with van der Waals surface area (Å²) in [6, 6.07) is 4.05. The summed E-state index contributed by atoms with van der Waals surface area (Å²) in [6.07, 6.45) is 0. The second-order valence-electron chi connectivity index (χ2n) is 5.87. The highest BCUT2D eigenvalue weighted by Crippen LogP contribution is 2.18. The van der Waals surface area contributed by atoms with Gasteiger partial charge in [-0.25, -0.2) is 14.5 Å². The van der Waals surface area contributed by atoms with Crippen LogP contribution in [0.4, 0.5) is 0 Å². The third-order valence-electron chi connectivity index (χ3n) is 3.49. The molecule has 0 saturated heterocycles. The first-order valence-electron chi connectivity index (χ1n) is 7.44. The van der Waals surface area contributed by atoms with E-state index in [1.165, 1.54) is 0 Å². The van der Waals surface area contributed by atoms with Crippen LogP contribution in [0.1, 0.15) is 35.7 Å². The van der Waals surface area contributed by atoms with E-state index in [-0.39, 0.29) is 16.6 Å². The first kappa shape index (κ1) is 17.9. The number of rotatable bonds is 5. The molecule has 0 radical (unpaired) electrons. The Morgan fingerprint density at radius 2 is 1.96 bits per heavy atom. The van der Waals surface area contributed by atoms with Crippen LogP contribution in [0, 0.1) is 19.8 Å². The number of halogens is 1. The highest BCUT2D eigenvalue weighted by molar-refractivity contribution is 6.33. The van der Waals surface area contributed by atoms with Gasteiger partial charge in [-0.3, -0.25) is 4.79 Å². The van der Waals surface area contributed by atoms with Gasteiger partial charge in [-0.1, -0.05) is 25.4 Å². The largest absolute Gasteiger partial charge is 0.480 e. The zero-order chi connectivity index (χ0) is 18.0. The van der Waals surface area contributed by atoms with Crippen molar-refractivity contribution in [3.8, 4) is 5.82 Å². The second kappa shape index (κ2) is 7.00. The van der Waals surface area contributed by atoms with E-state index in [0.29, 0.717) is 5.82 Å². The first-order valence-corrected chi connectivity index (χ1v) is 7.82. The summed E-state index contributed by atoms with van der Waals surface area (Å²) in [4.78, 5) is 27.9. The Morgan fingerprint density at radius 1 is 1.29 bits per heavy atom. The molecule has 0 spiro atoms. The fourth-order valence-electron chi connectivity index (χ4n) is 2.29. The molecule has 2 heterocycles. The van der Waals surface area contributed by atoms with Crippen molar-refractivity contribution in [1.82, 2.24) is 20.1 Å². The summed E-state index contributed by atoms with van der Waals surface area (Å²) in [6.45, 7) is 7.14. The van der Waals surface area contributed by atoms with Gasteiger partial charge in [-0.15, -0.1) is 0 Å². The average molecular weight is 351 g/mol. The number of aliphatic carboxylic acids is 1. The van der Waals surface area contributed by atoms with Crippen molar-refractivity contribution in [2.75, 3.05) is 0 Å². The number of hydrogen-bond acceptors (Lipinski definition) is 4. The highest BCUT2D eigenvalue weighted by atomic mass is 35.5. The number of nitrogens with zero attached hydrogens (tertiary/aromatic N) is 3. The van der Waals surface area contributed by atoms with Crippen LogP contribution in [0.15, 0.2) is 18.2 Å². The van der Waals surface area contributed by atoms with Gasteiger partial charge >= 0.3 is 5.97 Å². The maximum atomic E-state index is 12.4. The molecule has 0 unspecified atom stereocenters. The quantitative estimate of drug-likeness (QED) is 0.862. The van der Waals surface area contributed by atoms with Gasteiger partial charge in [0.25, 0.3) is 5.91 Å². The summed E-state index contributed by atoms with van der Waals surface area (Å²) in [7, 11) is 0. The number of aryl methyl sites for hydroxylation is 2. The van der Waals surface area contributed by atoms with Crippen LogP contribution in [0.25, 0.3) is 5.82 Å². The maximum absolute atomic E-state index is 12.4. The minimum atomic E-state index is -1.11. The molecule has 2 aromatic rings. The fourth-order valence-corrected chi connectivity index (χ4v) is 2.48. The molecule has 0 bridgehead atoms. The van der Waals surface area contributed by atoms with Gasteiger partial charge in [-0.05, 0) is 38.0 Å². The lowest BCUT2D eigenvalue weighted by atomic mass is 10.0. The number of pyridine rings is 1. The van der Waals surface area contributed by atoms with Gasteiger partial charge in [-0.2, -0.15) is 5.10 Å². The summed E-state index contributed by atoms with van der Waals surface area (Å²) >= 11 is 6.07. The van der Waals surface area contributed by atoms with Crippen LogP contribution in [0.3, 0.4) is 0 Å². The minimum absolute atomic E-state index is 0.0337. The third kappa shape index (κ3) is 3.73. The van der Waals surface area contributed by atoms with Crippen LogP contribution in [0.5, 0.6) is 0 Å². The van der Waals surface area contributed by atoms with Crippen molar-refractivity contribution < 1.29 is 14.7 Å². The molecular weight excluding hydrogens is 332 g/mol. The van der Waals surface area contributed by atoms with Gasteiger partial charge in [0.1, 0.15) is 11.7 Å². The molecule has 2 N–H and O–H groups in total. The van der Waals surface area contributed by atoms with Gasteiger partial charge in [0.15, 0.2) is 5.82 Å². The molecule has 8 heteroatoms. The van der Waals surface area contributed by atoms with Crippen LogP contribution < -0.4 is 5.32 Å². The number of aromatic nitrogens is 3. The molecule has 1 amide bonds. The van der Waals surface area contributed by atoms with E-state index in [1.54, 1.807) is 30.7 Å². The Labute approximate surface area is 144 Å². The molecule has 0 aliphatic rings. The number of carboxylic acid groups (broad SMARTS) is 1. The molecule has 2 rings (SSSR count). The van der Waals surface area contributed by atoms with E-state index in [9.17, 15) is 14.7 Å². The second-order valence-corrected chi connectivity index (χ2v) is 6.28. The van der Waals surface area contributed by atoms with Gasteiger partial charge in [0, 0.05) is 5.69 Å². The molecule has 0 saturated carbocycles. The topological polar surface area (TPSA) is 97.1 Å². The van der Waals surface area contributed by atoms with Crippen molar-refractivity contribution in [3.63, 3.8) is 0 Å². The Hall–Kier alpha value is -2.41. The summed E-state index contributed by atoms with van der Waals surface area (Å²) in [5, 5.41) is 16.1. The Kier molecular flexibility index (Phi) is 5.23. The van der Waals surface area contributed by atoms with Crippen LogP contribution in [-0.2, 0) is 4.79 Å². The van der Waals surface area contributed by atoms with E-state index in [2.05, 4.69) is 15.4 Å². The molecule has 0 aliphatic heterocycles. The fraction of sp³-hybridized carbons (Fsp3) is 0.375. The maximum Gasteiger partial charge on any atom is 0.326 e. The van der Waals surface area contributed by atoms with Crippen LogP contribution in [0.2, 0.25) is 5.02 Å². The Bertz CT molecular complexity index is 786. The Balaban J connectivity index is 2.36. The minimum Gasteiger partial charge on any atom is -0.480 e. The summed E-state index contributed by atoms with van der Waals surface area (Å²) in [5.74, 6) is -1.58. The first-order chi connectivity index (χ1) is 11.2. The number of amides is 1. The molecule has 1 atom stereocenters. The molecule has 0 fully saturated rings. The third-order valence-corrected chi connectivity index (χ3v) is 3.80. The molecule has 2 aromatic heterocycles. The van der Waals surface area contributed by atoms with Crippen molar-refractivity contribution in [2.45, 2.75) is 33.7 Å². The monoisotopic (exact) mass is 350 g/mol. The zero-order valence-electron chi connectivity index (χ0n) is 13.9. The lowest BCUT2D eigenvalue weighted by molar-refractivity contribution is -0.140. The van der Waals surface area contributed by atoms with Crippen molar-refractivity contribution in [2.24, 2.45) is 5.92 Å². The van der Waals surface area contributed by atoms with E-state index in [0.717, 1.165) is 11.4 Å². The number of carbonyl (C=O) groups excluding carboxylic acids is 1. The smallest absolute Gasteiger partial charge is 0.326 e. The average Bonchev–Trinajstić information content (AvgIpc) is 2.83. The van der Waals surface area contributed by atoms with Crippen molar-refractivity contribution in [1.29, 1.82) is 0 Å². The summed E-state index contributed by atoms with van der Waals surface area (Å²) in [5.41, 5.74) is 1.65. The van der Waals surface area contributed by atoms with Gasteiger partial charge in [0.2, 0.25) is 0 Å². The van der Waals surface area contributed by atoms with E-state index in [1.807, 2.05) is 19.9 Å². The molecule has 0 aliphatic carbocycles. The van der Waals surface area contributed by atoms with Gasteiger partial charge < -0.3 is 10.4 Å². The lowest BCUT2D eigenvalue weighted by Crippen LogP contribution is -2.44. The predicted octanol–water partition coefficient (Wildman–Crippen LogP) is 2.38. The molecular formula is C16H19ClN4O3. The van der Waals surface area contributed by atoms with Crippen LogP contribution in [-0.4, -0.2) is 37.8 Å². The number of carboxylic acids is 1. The molecule has 24 heavy (non-hydrogen) atoms. The highest BCUT2D eigenvalue weighted by Gasteiger charge is 2.26. The molecule has 128 valence electrons. The van der Waals surface area contributed by atoms with Crippen LogP contribution >= 0.6 is 11.6 Å². The van der Waals surface area contributed by atoms with E-state index < -0.39 is 17.9 Å². The number of carbonyl (C=O) groups is 2. The molecule has 0 aromatic carbocycles. The molecule has 7 nitrogen and oxygen atoms in total. The predicted molar refractivity (Wildman–Crippen MR) is 89.6 cm³/mol. The lowest BCUT2D eigenvalue weighted by Gasteiger charge is -2.18. The van der Waals surface area contributed by atoms with E-state index >= 15 is 0 Å².